The number of hydrogen-bond donors (Lipinski definition) is 1. The zero-order valence-corrected chi connectivity index (χ0v) is 9.87. The second-order valence-corrected chi connectivity index (χ2v) is 4.17. The van der Waals surface area contributed by atoms with Crippen molar-refractivity contribution in [2.24, 2.45) is 0 Å². The molecule has 4 nitrogen and oxygen atoms in total. The number of nitrogens with zero attached hydrogens (tertiary/aromatic N) is 1. The number of aliphatic hydroxyl groups excluding tert-OH is 1. The summed E-state index contributed by atoms with van der Waals surface area (Å²) in [5.41, 5.74) is 0. The topological polar surface area (TPSA) is 41.9 Å². The summed E-state index contributed by atoms with van der Waals surface area (Å²) in [4.78, 5) is 2.34. The van der Waals surface area contributed by atoms with Gasteiger partial charge in [0, 0.05) is 20.8 Å². The lowest BCUT2D eigenvalue weighted by Gasteiger charge is -2.47. The first kappa shape index (κ1) is 12.9. The molecule has 90 valence electrons. The van der Waals surface area contributed by atoms with Gasteiger partial charge < -0.3 is 14.6 Å². The summed E-state index contributed by atoms with van der Waals surface area (Å²) < 4.78 is 10.6. The zero-order valence-electron chi connectivity index (χ0n) is 9.87. The Morgan fingerprint density at radius 3 is 2.20 bits per heavy atom. The smallest absolute Gasteiger partial charge is 0.193 e. The van der Waals surface area contributed by atoms with Crippen LogP contribution < -0.4 is 0 Å². The van der Waals surface area contributed by atoms with Gasteiger partial charge >= 0.3 is 0 Å². The van der Waals surface area contributed by atoms with E-state index in [2.05, 4.69) is 4.90 Å². The van der Waals surface area contributed by atoms with Gasteiger partial charge in [-0.1, -0.05) is 12.8 Å². The van der Waals surface area contributed by atoms with Crippen LogP contribution in [0.4, 0.5) is 0 Å². The Balaban J connectivity index is 1.98. The summed E-state index contributed by atoms with van der Waals surface area (Å²) in [5.74, 6) is -0.342. The van der Waals surface area contributed by atoms with Crippen molar-refractivity contribution in [3.8, 4) is 0 Å². The maximum Gasteiger partial charge on any atom is 0.193 e. The lowest BCUT2D eigenvalue weighted by molar-refractivity contribution is -0.275. The molecule has 0 aromatic rings. The van der Waals surface area contributed by atoms with Crippen LogP contribution in [0.5, 0.6) is 0 Å². The predicted octanol–water partition coefficient (Wildman–Crippen LogP) is 0.844. The Morgan fingerprint density at radius 1 is 1.07 bits per heavy atom. The molecule has 1 rings (SSSR count). The van der Waals surface area contributed by atoms with E-state index in [0.717, 1.165) is 32.5 Å². The molecule has 0 atom stereocenters. The molecule has 0 amide bonds. The first-order valence-electron chi connectivity index (χ1n) is 5.70. The summed E-state index contributed by atoms with van der Waals surface area (Å²) in [6.45, 7) is 3.18. The summed E-state index contributed by atoms with van der Waals surface area (Å²) in [7, 11) is 3.39. The van der Waals surface area contributed by atoms with Gasteiger partial charge in [0.2, 0.25) is 0 Å². The summed E-state index contributed by atoms with van der Waals surface area (Å²) in [6, 6.07) is 0. The molecular weight excluding hydrogens is 194 g/mol. The third kappa shape index (κ3) is 3.72. The lowest BCUT2D eigenvalue weighted by atomic mass is 10.1. The van der Waals surface area contributed by atoms with E-state index in [0.29, 0.717) is 6.61 Å². The van der Waals surface area contributed by atoms with Crippen LogP contribution in [0.25, 0.3) is 0 Å². The molecule has 0 radical (unpaired) electrons. The van der Waals surface area contributed by atoms with Crippen LogP contribution in [0.15, 0.2) is 0 Å². The zero-order chi connectivity index (χ0) is 11.1. The van der Waals surface area contributed by atoms with Crippen molar-refractivity contribution < 1.29 is 14.6 Å². The normalized spacial score (nSPS) is 20.2. The number of likely N-dealkylation sites (tertiary alicyclic amines) is 1. The average Bonchev–Trinajstić information content (AvgIpc) is 2.21. The van der Waals surface area contributed by atoms with Crippen molar-refractivity contribution in [3.05, 3.63) is 0 Å². The number of aliphatic hydroxyl groups is 1. The Labute approximate surface area is 92.2 Å². The molecular formula is C11H23NO3. The Bertz CT molecular complexity index is 163. The van der Waals surface area contributed by atoms with E-state index in [1.807, 2.05) is 0 Å². The van der Waals surface area contributed by atoms with E-state index in [-0.39, 0.29) is 5.79 Å². The minimum Gasteiger partial charge on any atom is -0.396 e. The monoisotopic (exact) mass is 217 g/mol. The van der Waals surface area contributed by atoms with Crippen LogP contribution in [-0.2, 0) is 9.47 Å². The van der Waals surface area contributed by atoms with Gasteiger partial charge in [-0.15, -0.1) is 0 Å². The predicted molar refractivity (Wildman–Crippen MR) is 58.7 cm³/mol. The summed E-state index contributed by atoms with van der Waals surface area (Å²) in [5, 5.41) is 8.62. The molecule has 0 unspecified atom stereocenters. The molecule has 0 aromatic heterocycles. The molecule has 1 heterocycles. The molecule has 1 saturated heterocycles. The molecule has 1 fully saturated rings. The van der Waals surface area contributed by atoms with Crippen LogP contribution >= 0.6 is 0 Å². The Hall–Kier alpha value is -0.160. The Morgan fingerprint density at radius 2 is 1.67 bits per heavy atom. The Kier molecular flexibility index (Phi) is 5.53. The maximum atomic E-state index is 8.62. The van der Waals surface area contributed by atoms with Gasteiger partial charge in [0.15, 0.2) is 5.79 Å². The molecule has 1 aliphatic heterocycles. The molecule has 1 N–H and O–H groups in total. The van der Waals surface area contributed by atoms with Crippen LogP contribution in [0.2, 0.25) is 0 Å². The minimum absolute atomic E-state index is 0.320. The first-order chi connectivity index (χ1) is 7.26. The number of hydrogen-bond acceptors (Lipinski definition) is 4. The quantitative estimate of drug-likeness (QED) is 0.483. The van der Waals surface area contributed by atoms with Gasteiger partial charge in [0.25, 0.3) is 0 Å². The first-order valence-corrected chi connectivity index (χ1v) is 5.70. The van der Waals surface area contributed by atoms with E-state index in [4.69, 9.17) is 14.6 Å². The van der Waals surface area contributed by atoms with Crippen molar-refractivity contribution >= 4 is 0 Å². The van der Waals surface area contributed by atoms with Gasteiger partial charge in [0.1, 0.15) is 0 Å². The van der Waals surface area contributed by atoms with Gasteiger partial charge in [-0.05, 0) is 19.4 Å². The highest BCUT2D eigenvalue weighted by Crippen LogP contribution is 2.25. The van der Waals surface area contributed by atoms with Crippen LogP contribution in [0.1, 0.15) is 25.7 Å². The van der Waals surface area contributed by atoms with Crippen molar-refractivity contribution in [1.82, 2.24) is 4.90 Å². The van der Waals surface area contributed by atoms with Crippen molar-refractivity contribution in [2.45, 2.75) is 31.5 Å². The van der Waals surface area contributed by atoms with E-state index in [1.54, 1.807) is 14.2 Å². The van der Waals surface area contributed by atoms with Crippen LogP contribution in [0, 0.1) is 0 Å². The fourth-order valence-electron chi connectivity index (χ4n) is 1.94. The van der Waals surface area contributed by atoms with Gasteiger partial charge in [-0.25, -0.2) is 0 Å². The SMILES string of the molecule is COC1(OC)CN(CCCCCCO)C1. The molecule has 0 spiro atoms. The van der Waals surface area contributed by atoms with E-state index in [1.165, 1.54) is 12.8 Å². The lowest BCUT2D eigenvalue weighted by Crippen LogP contribution is -2.63. The van der Waals surface area contributed by atoms with Crippen molar-refractivity contribution in [2.75, 3.05) is 40.5 Å². The summed E-state index contributed by atoms with van der Waals surface area (Å²) in [6.07, 6.45) is 4.46. The average molecular weight is 217 g/mol. The number of methoxy groups -OCH3 is 2. The van der Waals surface area contributed by atoms with Gasteiger partial charge in [-0.3, -0.25) is 4.90 Å². The van der Waals surface area contributed by atoms with Crippen molar-refractivity contribution in [3.63, 3.8) is 0 Å². The highest BCUT2D eigenvalue weighted by atomic mass is 16.7. The largest absolute Gasteiger partial charge is 0.396 e. The molecule has 4 heteroatoms. The molecule has 0 bridgehead atoms. The fraction of sp³-hybridized carbons (Fsp3) is 1.00. The molecule has 1 aliphatic rings. The number of unbranched alkanes of at least 4 members (excludes halogenated alkanes) is 3. The fourth-order valence-corrected chi connectivity index (χ4v) is 1.94. The number of rotatable bonds is 8. The standard InChI is InChI=1S/C11H23NO3/c1-14-11(15-2)9-12(10-11)7-5-3-4-6-8-13/h13H,3-10H2,1-2H3. The minimum atomic E-state index is -0.342. The molecule has 15 heavy (non-hydrogen) atoms. The maximum absolute atomic E-state index is 8.62. The van der Waals surface area contributed by atoms with Gasteiger partial charge in [0.05, 0.1) is 13.1 Å². The summed E-state index contributed by atoms with van der Waals surface area (Å²) >= 11 is 0. The second-order valence-electron chi connectivity index (χ2n) is 4.17. The third-order valence-electron chi connectivity index (χ3n) is 3.06. The van der Waals surface area contributed by atoms with Crippen LogP contribution in [-0.4, -0.2) is 56.3 Å². The molecule has 0 saturated carbocycles. The van der Waals surface area contributed by atoms with Gasteiger partial charge in [-0.2, -0.15) is 0 Å². The van der Waals surface area contributed by atoms with E-state index in [9.17, 15) is 0 Å². The highest BCUT2D eigenvalue weighted by molar-refractivity contribution is 4.88. The highest BCUT2D eigenvalue weighted by Gasteiger charge is 2.43. The third-order valence-corrected chi connectivity index (χ3v) is 3.06. The van der Waals surface area contributed by atoms with Crippen molar-refractivity contribution in [1.29, 1.82) is 0 Å². The molecule has 0 aliphatic carbocycles. The number of ether oxygens (including phenoxy) is 2. The molecule has 0 aromatic carbocycles. The van der Waals surface area contributed by atoms with Crippen LogP contribution in [0.3, 0.4) is 0 Å². The second kappa shape index (κ2) is 6.43. The van der Waals surface area contributed by atoms with E-state index >= 15 is 0 Å². The van der Waals surface area contributed by atoms with E-state index < -0.39 is 0 Å².